The minimum atomic E-state index is -0.699. The molecular formula is C16H15FN4O2. The first-order valence-electron chi connectivity index (χ1n) is 7.53. The summed E-state index contributed by atoms with van der Waals surface area (Å²) in [5.41, 5.74) is 1.16. The lowest BCUT2D eigenvalue weighted by Gasteiger charge is -2.23. The topological polar surface area (TPSA) is 73.1 Å². The molecule has 0 amide bonds. The van der Waals surface area contributed by atoms with E-state index >= 15 is 0 Å². The highest BCUT2D eigenvalue weighted by atomic mass is 19.1. The van der Waals surface area contributed by atoms with E-state index in [1.165, 1.54) is 12.1 Å². The maximum Gasteiger partial charge on any atom is 0.165 e. The molecule has 0 aliphatic carbocycles. The van der Waals surface area contributed by atoms with E-state index in [4.69, 9.17) is 4.74 Å². The molecule has 1 aliphatic rings. The van der Waals surface area contributed by atoms with Crippen LogP contribution in [0.5, 0.6) is 5.75 Å². The van der Waals surface area contributed by atoms with Gasteiger partial charge in [-0.15, -0.1) is 0 Å². The summed E-state index contributed by atoms with van der Waals surface area (Å²) < 4.78 is 21.1. The summed E-state index contributed by atoms with van der Waals surface area (Å²) in [5.74, 6) is -0.709. The summed E-state index contributed by atoms with van der Waals surface area (Å²) in [6.07, 6.45) is 6.28. The Morgan fingerprint density at radius 1 is 1.26 bits per heavy atom. The molecule has 0 radical (unpaired) electrons. The van der Waals surface area contributed by atoms with Crippen molar-refractivity contribution in [3.8, 4) is 17.1 Å². The summed E-state index contributed by atoms with van der Waals surface area (Å²) in [6.45, 7) is 0.715. The van der Waals surface area contributed by atoms with Crippen LogP contribution in [0, 0.1) is 5.82 Å². The van der Waals surface area contributed by atoms with E-state index in [-0.39, 0.29) is 6.23 Å². The average Bonchev–Trinajstić information content (AvgIpc) is 3.01. The van der Waals surface area contributed by atoms with E-state index in [1.807, 2.05) is 0 Å². The highest BCUT2D eigenvalue weighted by Gasteiger charge is 2.20. The molecule has 3 aromatic rings. The van der Waals surface area contributed by atoms with Crippen LogP contribution in [0.4, 0.5) is 4.39 Å². The second-order valence-electron chi connectivity index (χ2n) is 5.55. The second-order valence-corrected chi connectivity index (χ2v) is 5.55. The van der Waals surface area contributed by atoms with E-state index < -0.39 is 11.6 Å². The predicted molar refractivity (Wildman–Crippen MR) is 81.2 cm³/mol. The lowest BCUT2D eigenvalue weighted by molar-refractivity contribution is -0.0370. The Morgan fingerprint density at radius 3 is 2.96 bits per heavy atom. The molecule has 6 nitrogen and oxygen atoms in total. The number of hydrogen-bond donors (Lipinski definition) is 1. The Bertz CT molecular complexity index is 858. The van der Waals surface area contributed by atoms with Crippen molar-refractivity contribution >= 4 is 11.0 Å². The van der Waals surface area contributed by atoms with Crippen molar-refractivity contribution in [2.24, 2.45) is 0 Å². The van der Waals surface area contributed by atoms with E-state index in [0.29, 0.717) is 23.6 Å². The van der Waals surface area contributed by atoms with Gasteiger partial charge in [-0.25, -0.2) is 19.0 Å². The first-order valence-corrected chi connectivity index (χ1v) is 7.53. The molecule has 1 aliphatic heterocycles. The molecule has 2 aromatic heterocycles. The molecule has 7 heteroatoms. The highest BCUT2D eigenvalue weighted by molar-refractivity contribution is 5.76. The molecule has 3 heterocycles. The summed E-state index contributed by atoms with van der Waals surface area (Å²) >= 11 is 0. The van der Waals surface area contributed by atoms with Crippen molar-refractivity contribution in [1.82, 2.24) is 19.7 Å². The highest BCUT2D eigenvalue weighted by Crippen LogP contribution is 2.27. The van der Waals surface area contributed by atoms with Gasteiger partial charge in [0.05, 0.1) is 11.6 Å². The van der Waals surface area contributed by atoms with Crippen LogP contribution in [-0.4, -0.2) is 31.5 Å². The Balaban J connectivity index is 1.78. The van der Waals surface area contributed by atoms with E-state index in [9.17, 15) is 9.50 Å². The molecule has 118 valence electrons. The summed E-state index contributed by atoms with van der Waals surface area (Å²) in [6, 6.07) is 4.09. The van der Waals surface area contributed by atoms with E-state index in [1.54, 1.807) is 23.1 Å². The third kappa shape index (κ3) is 2.53. The van der Waals surface area contributed by atoms with Crippen molar-refractivity contribution in [2.45, 2.75) is 25.5 Å². The number of hydrogen-bond acceptors (Lipinski definition) is 5. The van der Waals surface area contributed by atoms with Crippen LogP contribution >= 0.6 is 0 Å². The van der Waals surface area contributed by atoms with Gasteiger partial charge in [0.1, 0.15) is 0 Å². The molecule has 0 bridgehead atoms. The van der Waals surface area contributed by atoms with Crippen LogP contribution in [0.25, 0.3) is 22.4 Å². The lowest BCUT2D eigenvalue weighted by Crippen LogP contribution is -2.19. The third-order valence-electron chi connectivity index (χ3n) is 3.97. The van der Waals surface area contributed by atoms with E-state index in [0.717, 1.165) is 24.6 Å². The SMILES string of the molecule is Oc1ccc(-c2ncc3cnn(C4CCCCO4)c3n2)cc1F. The van der Waals surface area contributed by atoms with Crippen molar-refractivity contribution in [3.63, 3.8) is 0 Å². The van der Waals surface area contributed by atoms with Crippen LogP contribution in [0.3, 0.4) is 0 Å². The Morgan fingerprint density at radius 2 is 2.17 bits per heavy atom. The fraction of sp³-hybridized carbons (Fsp3) is 0.312. The molecule has 1 unspecified atom stereocenters. The van der Waals surface area contributed by atoms with Gasteiger partial charge in [-0.3, -0.25) is 0 Å². The number of rotatable bonds is 2. The zero-order valence-corrected chi connectivity index (χ0v) is 12.3. The van der Waals surface area contributed by atoms with Crippen LogP contribution in [-0.2, 0) is 4.74 Å². The monoisotopic (exact) mass is 314 g/mol. The Labute approximate surface area is 131 Å². The van der Waals surface area contributed by atoms with Gasteiger partial charge in [-0.05, 0) is 37.5 Å². The summed E-state index contributed by atoms with van der Waals surface area (Å²) in [4.78, 5) is 8.77. The quantitative estimate of drug-likeness (QED) is 0.787. The third-order valence-corrected chi connectivity index (χ3v) is 3.97. The van der Waals surface area contributed by atoms with Crippen molar-refractivity contribution in [3.05, 3.63) is 36.4 Å². The van der Waals surface area contributed by atoms with Crippen molar-refractivity contribution < 1.29 is 14.2 Å². The van der Waals surface area contributed by atoms with Crippen LogP contribution in [0.2, 0.25) is 0 Å². The molecular weight excluding hydrogens is 299 g/mol. The Kier molecular flexibility index (Phi) is 3.42. The molecule has 1 atom stereocenters. The van der Waals surface area contributed by atoms with Gasteiger partial charge >= 0.3 is 0 Å². The lowest BCUT2D eigenvalue weighted by atomic mass is 10.2. The summed E-state index contributed by atoms with van der Waals surface area (Å²) in [7, 11) is 0. The standard InChI is InChI=1S/C16H15FN4O2/c17-12-7-10(4-5-13(12)22)15-18-8-11-9-19-21(16(11)20-15)14-3-1-2-6-23-14/h4-5,7-9,14,22H,1-3,6H2. The number of phenolic OH excluding ortho intramolecular Hbond substituents is 1. The molecule has 1 N–H and O–H groups in total. The zero-order valence-electron chi connectivity index (χ0n) is 12.3. The van der Waals surface area contributed by atoms with Gasteiger partial charge in [0.15, 0.2) is 29.3 Å². The smallest absolute Gasteiger partial charge is 0.165 e. The molecule has 1 saturated heterocycles. The predicted octanol–water partition coefficient (Wildman–Crippen LogP) is 3.04. The number of halogens is 1. The molecule has 0 spiro atoms. The molecule has 4 rings (SSSR count). The molecule has 1 fully saturated rings. The number of aromatic nitrogens is 4. The first kappa shape index (κ1) is 14.1. The maximum atomic E-state index is 13.5. The number of aromatic hydroxyl groups is 1. The number of ether oxygens (including phenoxy) is 1. The minimum Gasteiger partial charge on any atom is -0.505 e. The van der Waals surface area contributed by atoms with Crippen LogP contribution in [0.1, 0.15) is 25.5 Å². The number of fused-ring (bicyclic) bond motifs is 1. The van der Waals surface area contributed by atoms with Crippen LogP contribution < -0.4 is 0 Å². The number of benzene rings is 1. The Hall–Kier alpha value is -2.54. The molecule has 1 aromatic carbocycles. The fourth-order valence-corrected chi connectivity index (χ4v) is 2.75. The van der Waals surface area contributed by atoms with Gasteiger partial charge in [0.25, 0.3) is 0 Å². The second kappa shape index (κ2) is 5.58. The number of nitrogens with zero attached hydrogens (tertiary/aromatic N) is 4. The fourth-order valence-electron chi connectivity index (χ4n) is 2.75. The first-order chi connectivity index (χ1) is 11.2. The number of phenols is 1. The molecule has 23 heavy (non-hydrogen) atoms. The van der Waals surface area contributed by atoms with Gasteiger partial charge in [-0.2, -0.15) is 5.10 Å². The van der Waals surface area contributed by atoms with Gasteiger partial charge in [0.2, 0.25) is 0 Å². The zero-order chi connectivity index (χ0) is 15.8. The summed E-state index contributed by atoms with van der Waals surface area (Å²) in [5, 5.41) is 14.5. The van der Waals surface area contributed by atoms with Crippen LogP contribution in [0.15, 0.2) is 30.6 Å². The normalized spacial score (nSPS) is 18.4. The minimum absolute atomic E-state index is 0.124. The largest absolute Gasteiger partial charge is 0.505 e. The van der Waals surface area contributed by atoms with Gasteiger partial charge < -0.3 is 9.84 Å². The molecule has 0 saturated carbocycles. The van der Waals surface area contributed by atoms with E-state index in [2.05, 4.69) is 15.1 Å². The van der Waals surface area contributed by atoms with Gasteiger partial charge in [-0.1, -0.05) is 0 Å². The average molecular weight is 314 g/mol. The maximum absolute atomic E-state index is 13.5. The van der Waals surface area contributed by atoms with Crippen molar-refractivity contribution in [2.75, 3.05) is 6.61 Å². The van der Waals surface area contributed by atoms with Gasteiger partial charge in [0, 0.05) is 18.4 Å². The van der Waals surface area contributed by atoms with Crippen molar-refractivity contribution in [1.29, 1.82) is 0 Å².